The smallest absolute Gasteiger partial charge is 0.340 e. The number of hydrogen-bond donors (Lipinski definition) is 0. The van der Waals surface area contributed by atoms with Gasteiger partial charge in [-0.15, -0.1) is 0 Å². The molecule has 130 valence electrons. The Morgan fingerprint density at radius 3 is 2.61 bits per heavy atom. The van der Waals surface area contributed by atoms with E-state index in [0.717, 1.165) is 6.42 Å². The molecule has 2 amide bonds. The number of urea groups is 1. The predicted octanol–water partition coefficient (Wildman–Crippen LogP) is 2.61. The molecule has 2 unspecified atom stereocenters. The van der Waals surface area contributed by atoms with Gasteiger partial charge in [-0.3, -0.25) is 0 Å². The van der Waals surface area contributed by atoms with Gasteiger partial charge in [-0.1, -0.05) is 0 Å². The van der Waals surface area contributed by atoms with Crippen LogP contribution in [0.3, 0.4) is 0 Å². The monoisotopic (exact) mass is 329 g/mol. The molecule has 2 heterocycles. The maximum absolute atomic E-state index is 13.7. The second kappa shape index (κ2) is 7.11. The number of hydrogen-bond acceptors (Lipinski definition) is 3. The van der Waals surface area contributed by atoms with Crippen LogP contribution in [-0.4, -0.2) is 67.3 Å². The number of amides is 2. The fourth-order valence-corrected chi connectivity index (χ4v) is 3.89. The first-order valence-electron chi connectivity index (χ1n) is 8.46. The Balaban J connectivity index is 1.54. The van der Waals surface area contributed by atoms with Gasteiger partial charge in [0.1, 0.15) is 12.3 Å². The van der Waals surface area contributed by atoms with Crippen molar-refractivity contribution in [3.8, 4) is 0 Å². The van der Waals surface area contributed by atoms with Crippen molar-refractivity contribution in [2.75, 3.05) is 26.8 Å². The molecule has 2 aliphatic heterocycles. The van der Waals surface area contributed by atoms with Crippen LogP contribution in [0.1, 0.15) is 32.1 Å². The number of likely N-dealkylation sites (tertiary alicyclic amines) is 1. The van der Waals surface area contributed by atoms with Gasteiger partial charge in [0.15, 0.2) is 0 Å². The second-order valence-electron chi connectivity index (χ2n) is 6.94. The SMILES string of the molecule is COCCC1CN(C(=O)N2N=CC[C@H]2C2CC(F)CC(F)C2)C1. The highest BCUT2D eigenvalue weighted by Crippen LogP contribution is 2.36. The molecule has 2 fully saturated rings. The van der Waals surface area contributed by atoms with Gasteiger partial charge in [-0.25, -0.2) is 18.6 Å². The molecule has 0 aromatic rings. The third-order valence-electron chi connectivity index (χ3n) is 5.19. The summed E-state index contributed by atoms with van der Waals surface area (Å²) in [6.07, 6.45) is 1.67. The number of nitrogens with zero attached hydrogens (tertiary/aromatic N) is 3. The molecule has 3 rings (SSSR count). The van der Waals surface area contributed by atoms with E-state index in [4.69, 9.17) is 4.74 Å². The number of rotatable bonds is 4. The lowest BCUT2D eigenvalue weighted by Crippen LogP contribution is -2.56. The average Bonchev–Trinajstić information content (AvgIpc) is 2.93. The van der Waals surface area contributed by atoms with Crippen LogP contribution in [0.25, 0.3) is 0 Å². The molecule has 0 N–H and O–H groups in total. The van der Waals surface area contributed by atoms with E-state index >= 15 is 0 Å². The highest BCUT2D eigenvalue weighted by Gasteiger charge is 2.42. The molecule has 0 radical (unpaired) electrons. The molecule has 0 spiro atoms. The Kier molecular flexibility index (Phi) is 5.14. The standard InChI is InChI=1S/C16H25F2N3O2/c1-23-5-3-11-9-20(10-11)16(22)21-15(2-4-19-21)12-6-13(17)8-14(18)7-12/h4,11-15H,2-3,5-10H2,1H3/t12?,13?,14?,15-/m0/s1. The quantitative estimate of drug-likeness (QED) is 0.796. The summed E-state index contributed by atoms with van der Waals surface area (Å²) in [6, 6.07) is -0.328. The summed E-state index contributed by atoms with van der Waals surface area (Å²) in [6.45, 7) is 2.13. The largest absolute Gasteiger partial charge is 0.385 e. The number of methoxy groups -OCH3 is 1. The van der Waals surface area contributed by atoms with Crippen molar-refractivity contribution in [1.82, 2.24) is 9.91 Å². The normalized spacial score (nSPS) is 34.7. The zero-order chi connectivity index (χ0) is 16.4. The van der Waals surface area contributed by atoms with Gasteiger partial charge in [0, 0.05) is 45.9 Å². The van der Waals surface area contributed by atoms with Crippen molar-refractivity contribution < 1.29 is 18.3 Å². The lowest BCUT2D eigenvalue weighted by atomic mass is 9.81. The summed E-state index contributed by atoms with van der Waals surface area (Å²) in [7, 11) is 1.67. The molecule has 1 saturated carbocycles. The third-order valence-corrected chi connectivity index (χ3v) is 5.19. The first-order valence-corrected chi connectivity index (χ1v) is 8.46. The lowest BCUT2D eigenvalue weighted by molar-refractivity contribution is 0.0402. The molecular formula is C16H25F2N3O2. The van der Waals surface area contributed by atoms with E-state index in [0.29, 0.717) is 44.9 Å². The summed E-state index contributed by atoms with van der Waals surface area (Å²) in [4.78, 5) is 14.3. The number of halogens is 2. The Labute approximate surface area is 135 Å². The summed E-state index contributed by atoms with van der Waals surface area (Å²) in [5.41, 5.74) is 0. The zero-order valence-electron chi connectivity index (χ0n) is 13.5. The van der Waals surface area contributed by atoms with Crippen molar-refractivity contribution in [3.63, 3.8) is 0 Å². The van der Waals surface area contributed by atoms with Gasteiger partial charge in [0.05, 0.1) is 6.04 Å². The van der Waals surface area contributed by atoms with Crippen LogP contribution in [0.2, 0.25) is 0 Å². The molecule has 5 nitrogen and oxygen atoms in total. The molecular weight excluding hydrogens is 304 g/mol. The van der Waals surface area contributed by atoms with E-state index in [9.17, 15) is 13.6 Å². The van der Waals surface area contributed by atoms with Gasteiger partial charge in [-0.05, 0) is 31.1 Å². The third kappa shape index (κ3) is 3.65. The minimum absolute atomic E-state index is 0.00860. The Bertz CT molecular complexity index is 447. The first kappa shape index (κ1) is 16.6. The van der Waals surface area contributed by atoms with E-state index in [1.807, 2.05) is 0 Å². The summed E-state index contributed by atoms with van der Waals surface area (Å²) in [5, 5.41) is 5.64. The Hall–Kier alpha value is -1.24. The van der Waals surface area contributed by atoms with Crippen molar-refractivity contribution in [2.45, 2.75) is 50.5 Å². The predicted molar refractivity (Wildman–Crippen MR) is 82.8 cm³/mol. The number of carbonyl (C=O) groups is 1. The molecule has 3 atom stereocenters. The van der Waals surface area contributed by atoms with Crippen molar-refractivity contribution in [2.24, 2.45) is 16.9 Å². The molecule has 1 saturated heterocycles. The van der Waals surface area contributed by atoms with Gasteiger partial charge >= 0.3 is 6.03 Å². The van der Waals surface area contributed by atoms with Crippen LogP contribution >= 0.6 is 0 Å². The highest BCUT2D eigenvalue weighted by atomic mass is 19.1. The van der Waals surface area contributed by atoms with E-state index in [2.05, 4.69) is 5.10 Å². The molecule has 3 aliphatic rings. The van der Waals surface area contributed by atoms with Crippen molar-refractivity contribution >= 4 is 12.2 Å². The van der Waals surface area contributed by atoms with Gasteiger partial charge in [0.2, 0.25) is 0 Å². The van der Waals surface area contributed by atoms with Gasteiger partial charge < -0.3 is 9.64 Å². The van der Waals surface area contributed by atoms with E-state index < -0.39 is 12.3 Å². The highest BCUT2D eigenvalue weighted by molar-refractivity contribution is 5.78. The van der Waals surface area contributed by atoms with Crippen LogP contribution in [0, 0.1) is 11.8 Å². The minimum Gasteiger partial charge on any atom is -0.385 e. The Morgan fingerprint density at radius 2 is 1.96 bits per heavy atom. The first-order chi connectivity index (χ1) is 11.1. The van der Waals surface area contributed by atoms with Crippen LogP contribution in [0.5, 0.6) is 0 Å². The second-order valence-corrected chi connectivity index (χ2v) is 6.94. The molecule has 7 heteroatoms. The van der Waals surface area contributed by atoms with E-state index in [1.54, 1.807) is 18.2 Å². The average molecular weight is 329 g/mol. The van der Waals surface area contributed by atoms with E-state index in [1.165, 1.54) is 5.01 Å². The lowest BCUT2D eigenvalue weighted by Gasteiger charge is -2.43. The van der Waals surface area contributed by atoms with Crippen LogP contribution < -0.4 is 0 Å². The molecule has 0 bridgehead atoms. The molecule has 0 aromatic carbocycles. The fourth-order valence-electron chi connectivity index (χ4n) is 3.89. The van der Waals surface area contributed by atoms with Gasteiger partial charge in [0.25, 0.3) is 0 Å². The molecule has 23 heavy (non-hydrogen) atoms. The van der Waals surface area contributed by atoms with Crippen LogP contribution in [-0.2, 0) is 4.74 Å². The maximum Gasteiger partial charge on any atom is 0.340 e. The topological polar surface area (TPSA) is 45.1 Å². The number of carbonyl (C=O) groups excluding carboxylic acids is 1. The number of alkyl halides is 2. The van der Waals surface area contributed by atoms with Crippen LogP contribution in [0.15, 0.2) is 5.10 Å². The zero-order valence-corrected chi connectivity index (χ0v) is 13.5. The maximum atomic E-state index is 13.7. The Morgan fingerprint density at radius 1 is 1.26 bits per heavy atom. The van der Waals surface area contributed by atoms with Crippen molar-refractivity contribution in [3.05, 3.63) is 0 Å². The fraction of sp³-hybridized carbons (Fsp3) is 0.875. The summed E-state index contributed by atoms with van der Waals surface area (Å²) in [5.74, 6) is 0.329. The van der Waals surface area contributed by atoms with Crippen molar-refractivity contribution in [1.29, 1.82) is 0 Å². The molecule has 1 aliphatic carbocycles. The van der Waals surface area contributed by atoms with E-state index in [-0.39, 0.29) is 24.4 Å². The number of ether oxygens (including phenoxy) is 1. The number of hydrazone groups is 1. The molecule has 0 aromatic heterocycles. The van der Waals surface area contributed by atoms with Crippen LogP contribution in [0.4, 0.5) is 13.6 Å². The van der Waals surface area contributed by atoms with Gasteiger partial charge in [-0.2, -0.15) is 5.10 Å². The summed E-state index contributed by atoms with van der Waals surface area (Å²) < 4.78 is 32.4. The minimum atomic E-state index is -1.11. The summed E-state index contributed by atoms with van der Waals surface area (Å²) >= 11 is 0.